The molecule has 0 saturated heterocycles. The van der Waals surface area contributed by atoms with E-state index >= 15 is 0 Å². The minimum atomic E-state index is -0.151. The minimum absolute atomic E-state index is 0.151. The first-order valence-corrected chi connectivity index (χ1v) is 5.46. The molecule has 0 bridgehead atoms. The highest BCUT2D eigenvalue weighted by atomic mass is 16.5. The first-order valence-electron chi connectivity index (χ1n) is 5.46. The molecule has 2 rings (SSSR count). The number of carbonyl (C=O) groups is 1. The molecule has 0 unspecified atom stereocenters. The highest BCUT2D eigenvalue weighted by Gasteiger charge is 2.13. The summed E-state index contributed by atoms with van der Waals surface area (Å²) in [4.78, 5) is 12.2. The van der Waals surface area contributed by atoms with Crippen molar-refractivity contribution in [1.29, 1.82) is 0 Å². The average molecular weight is 242 g/mol. The van der Waals surface area contributed by atoms with Gasteiger partial charge in [0.2, 0.25) is 0 Å². The molecule has 4 N–H and O–H groups in total. The third kappa shape index (κ3) is 2.13. The molecule has 0 aliphatic carbocycles. The van der Waals surface area contributed by atoms with Crippen LogP contribution in [0.1, 0.15) is 15.9 Å². The number of ketones is 1. The number of nitrogen functional groups attached to an aromatic ring is 2. The lowest BCUT2D eigenvalue weighted by molar-refractivity contribution is 0.103. The molecule has 4 nitrogen and oxygen atoms in total. The number of hydrogen-bond donors (Lipinski definition) is 2. The maximum absolute atomic E-state index is 12.2. The van der Waals surface area contributed by atoms with Crippen LogP contribution in [-0.2, 0) is 0 Å². The molecule has 0 aliphatic heterocycles. The normalized spacial score (nSPS) is 10.1. The molecule has 0 saturated carbocycles. The van der Waals surface area contributed by atoms with Crippen LogP contribution in [0.2, 0.25) is 0 Å². The molecule has 0 aliphatic rings. The number of benzene rings is 2. The van der Waals surface area contributed by atoms with Gasteiger partial charge in [-0.2, -0.15) is 0 Å². The fourth-order valence-corrected chi connectivity index (χ4v) is 1.68. The summed E-state index contributed by atoms with van der Waals surface area (Å²) in [5.74, 6) is 0.551. The van der Waals surface area contributed by atoms with Crippen LogP contribution in [0.25, 0.3) is 0 Å². The van der Waals surface area contributed by atoms with Crippen LogP contribution in [0.4, 0.5) is 11.4 Å². The molecule has 0 aromatic heterocycles. The zero-order valence-electron chi connectivity index (χ0n) is 10.0. The van der Waals surface area contributed by atoms with Crippen LogP contribution in [0.3, 0.4) is 0 Å². The quantitative estimate of drug-likeness (QED) is 0.638. The lowest BCUT2D eigenvalue weighted by Crippen LogP contribution is -2.07. The number of methoxy groups -OCH3 is 1. The largest absolute Gasteiger partial charge is 0.497 e. The van der Waals surface area contributed by atoms with E-state index in [2.05, 4.69) is 0 Å². The zero-order chi connectivity index (χ0) is 13.1. The van der Waals surface area contributed by atoms with E-state index in [1.165, 1.54) is 0 Å². The van der Waals surface area contributed by atoms with Crippen LogP contribution in [0, 0.1) is 0 Å². The highest BCUT2D eigenvalue weighted by Crippen LogP contribution is 2.23. The summed E-state index contributed by atoms with van der Waals surface area (Å²) < 4.78 is 5.04. The van der Waals surface area contributed by atoms with E-state index in [1.807, 2.05) is 0 Å². The third-order valence-corrected chi connectivity index (χ3v) is 2.74. The predicted molar refractivity (Wildman–Crippen MR) is 71.7 cm³/mol. The second-order valence-corrected chi connectivity index (χ2v) is 3.87. The minimum Gasteiger partial charge on any atom is -0.497 e. The van der Waals surface area contributed by atoms with E-state index in [0.29, 0.717) is 28.3 Å². The molecule has 0 atom stereocenters. The van der Waals surface area contributed by atoms with Crippen LogP contribution >= 0.6 is 0 Å². The van der Waals surface area contributed by atoms with Crippen molar-refractivity contribution in [3.05, 3.63) is 53.6 Å². The van der Waals surface area contributed by atoms with Crippen LogP contribution in [0.5, 0.6) is 5.75 Å². The standard InChI is InChI=1S/C14H14N2O2/c1-18-10-7-5-9(6-8-10)14(17)11-3-2-4-12(15)13(11)16/h2-8H,15-16H2,1H3. The van der Waals surface area contributed by atoms with Gasteiger partial charge in [-0.05, 0) is 36.4 Å². The Morgan fingerprint density at radius 2 is 1.72 bits per heavy atom. The summed E-state index contributed by atoms with van der Waals surface area (Å²) in [5.41, 5.74) is 13.2. The number of carbonyl (C=O) groups excluding carboxylic acids is 1. The Hall–Kier alpha value is -2.49. The van der Waals surface area contributed by atoms with Gasteiger partial charge in [0.05, 0.1) is 18.5 Å². The Morgan fingerprint density at radius 3 is 2.33 bits per heavy atom. The summed E-state index contributed by atoms with van der Waals surface area (Å²) in [5, 5.41) is 0. The smallest absolute Gasteiger partial charge is 0.195 e. The molecule has 0 heterocycles. The topological polar surface area (TPSA) is 78.3 Å². The lowest BCUT2D eigenvalue weighted by atomic mass is 10.0. The summed E-state index contributed by atoms with van der Waals surface area (Å²) in [6.45, 7) is 0. The fraction of sp³-hybridized carbons (Fsp3) is 0.0714. The molecule has 0 amide bonds. The summed E-state index contributed by atoms with van der Waals surface area (Å²) >= 11 is 0. The number of hydrogen-bond acceptors (Lipinski definition) is 4. The molecule has 2 aromatic rings. The maximum atomic E-state index is 12.2. The number of ether oxygens (including phenoxy) is 1. The Bertz CT molecular complexity index is 577. The Labute approximate surface area is 105 Å². The number of nitrogens with two attached hydrogens (primary N) is 2. The number of rotatable bonds is 3. The number of para-hydroxylation sites is 1. The summed E-state index contributed by atoms with van der Waals surface area (Å²) in [7, 11) is 1.58. The zero-order valence-corrected chi connectivity index (χ0v) is 10.0. The van der Waals surface area contributed by atoms with Crippen molar-refractivity contribution >= 4 is 17.2 Å². The molecular formula is C14H14N2O2. The summed E-state index contributed by atoms with van der Waals surface area (Å²) in [6.07, 6.45) is 0. The summed E-state index contributed by atoms with van der Waals surface area (Å²) in [6, 6.07) is 11.9. The van der Waals surface area contributed by atoms with Crippen molar-refractivity contribution in [3.63, 3.8) is 0 Å². The first kappa shape index (κ1) is 12.0. The van der Waals surface area contributed by atoms with Crippen molar-refractivity contribution in [2.24, 2.45) is 0 Å². The second-order valence-electron chi connectivity index (χ2n) is 3.87. The molecule has 2 aromatic carbocycles. The van der Waals surface area contributed by atoms with Gasteiger partial charge < -0.3 is 16.2 Å². The second kappa shape index (κ2) is 4.79. The Kier molecular flexibility index (Phi) is 3.19. The SMILES string of the molecule is COc1ccc(C(=O)c2cccc(N)c2N)cc1. The van der Waals surface area contributed by atoms with E-state index in [9.17, 15) is 4.79 Å². The molecular weight excluding hydrogens is 228 g/mol. The molecule has 92 valence electrons. The predicted octanol–water partition coefficient (Wildman–Crippen LogP) is 2.09. The highest BCUT2D eigenvalue weighted by molar-refractivity contribution is 6.13. The van der Waals surface area contributed by atoms with Gasteiger partial charge in [-0.3, -0.25) is 4.79 Å². The van der Waals surface area contributed by atoms with Crippen LogP contribution in [0.15, 0.2) is 42.5 Å². The molecule has 18 heavy (non-hydrogen) atoms. The van der Waals surface area contributed by atoms with Gasteiger partial charge in [-0.25, -0.2) is 0 Å². The van der Waals surface area contributed by atoms with E-state index < -0.39 is 0 Å². The van der Waals surface area contributed by atoms with Crippen molar-refractivity contribution in [3.8, 4) is 5.75 Å². The van der Waals surface area contributed by atoms with Crippen molar-refractivity contribution in [1.82, 2.24) is 0 Å². The van der Waals surface area contributed by atoms with Crippen LogP contribution < -0.4 is 16.2 Å². The van der Waals surface area contributed by atoms with Gasteiger partial charge in [-0.15, -0.1) is 0 Å². The van der Waals surface area contributed by atoms with Crippen molar-refractivity contribution in [2.45, 2.75) is 0 Å². The van der Waals surface area contributed by atoms with Crippen LogP contribution in [-0.4, -0.2) is 12.9 Å². The first-order chi connectivity index (χ1) is 8.63. The van der Waals surface area contributed by atoms with Gasteiger partial charge in [0.15, 0.2) is 5.78 Å². The van der Waals surface area contributed by atoms with Crippen molar-refractivity contribution < 1.29 is 9.53 Å². The average Bonchev–Trinajstić information content (AvgIpc) is 2.41. The molecule has 4 heteroatoms. The maximum Gasteiger partial charge on any atom is 0.195 e. The van der Waals surface area contributed by atoms with Gasteiger partial charge in [0, 0.05) is 11.1 Å². The monoisotopic (exact) mass is 242 g/mol. The van der Waals surface area contributed by atoms with E-state index in [4.69, 9.17) is 16.2 Å². The van der Waals surface area contributed by atoms with E-state index in [-0.39, 0.29) is 5.78 Å². The lowest BCUT2D eigenvalue weighted by Gasteiger charge is -2.07. The van der Waals surface area contributed by atoms with Gasteiger partial charge >= 0.3 is 0 Å². The van der Waals surface area contributed by atoms with Gasteiger partial charge in [-0.1, -0.05) is 6.07 Å². The Morgan fingerprint density at radius 1 is 1.06 bits per heavy atom. The fourth-order valence-electron chi connectivity index (χ4n) is 1.68. The number of anilines is 2. The molecule has 0 fully saturated rings. The molecule has 0 radical (unpaired) electrons. The Balaban J connectivity index is 2.38. The van der Waals surface area contributed by atoms with E-state index in [0.717, 1.165) is 0 Å². The third-order valence-electron chi connectivity index (χ3n) is 2.74. The van der Waals surface area contributed by atoms with Crippen molar-refractivity contribution in [2.75, 3.05) is 18.6 Å². The molecule has 0 spiro atoms. The van der Waals surface area contributed by atoms with Gasteiger partial charge in [0.25, 0.3) is 0 Å². The van der Waals surface area contributed by atoms with Gasteiger partial charge in [0.1, 0.15) is 5.75 Å². The van der Waals surface area contributed by atoms with E-state index in [1.54, 1.807) is 49.6 Å².